The van der Waals surface area contributed by atoms with E-state index in [0.29, 0.717) is 6.04 Å². The van der Waals surface area contributed by atoms with Crippen LogP contribution in [0, 0.1) is 6.92 Å². The lowest BCUT2D eigenvalue weighted by molar-refractivity contribution is 0.445. The molecule has 1 aromatic heterocycles. The molecule has 3 heterocycles. The van der Waals surface area contributed by atoms with E-state index >= 15 is 0 Å². The summed E-state index contributed by atoms with van der Waals surface area (Å²) in [5.41, 5.74) is 2.61. The van der Waals surface area contributed by atoms with Crippen LogP contribution in [0.4, 0.5) is 17.5 Å². The van der Waals surface area contributed by atoms with Gasteiger partial charge in [0.2, 0.25) is 5.95 Å². The Labute approximate surface area is 162 Å². The lowest BCUT2D eigenvalue weighted by Crippen LogP contribution is -2.47. The van der Waals surface area contributed by atoms with Crippen LogP contribution in [0.5, 0.6) is 0 Å². The second kappa shape index (κ2) is 8.11. The second-order valence-corrected chi connectivity index (χ2v) is 7.68. The number of piperidine rings is 1. The molecule has 6 heteroatoms. The fourth-order valence-corrected chi connectivity index (χ4v) is 4.27. The van der Waals surface area contributed by atoms with Crippen molar-refractivity contribution < 1.29 is 0 Å². The molecular formula is C21H30N6. The van der Waals surface area contributed by atoms with E-state index in [9.17, 15) is 0 Å². The van der Waals surface area contributed by atoms with Crippen LogP contribution in [-0.2, 0) is 0 Å². The zero-order valence-electron chi connectivity index (χ0n) is 16.5. The van der Waals surface area contributed by atoms with Gasteiger partial charge in [0.05, 0.1) is 6.20 Å². The molecule has 2 fully saturated rings. The Morgan fingerprint density at radius 2 is 1.85 bits per heavy atom. The Hall–Kier alpha value is -2.37. The average molecular weight is 367 g/mol. The lowest BCUT2D eigenvalue weighted by atomic mass is 10.0. The van der Waals surface area contributed by atoms with Gasteiger partial charge in [0.15, 0.2) is 5.82 Å². The highest BCUT2D eigenvalue weighted by molar-refractivity contribution is 5.50. The molecular weight excluding hydrogens is 336 g/mol. The molecule has 0 radical (unpaired) electrons. The Balaban J connectivity index is 1.44. The van der Waals surface area contributed by atoms with E-state index < -0.39 is 0 Å². The maximum atomic E-state index is 4.89. The summed E-state index contributed by atoms with van der Waals surface area (Å²) in [6.45, 7) is 9.32. The number of nitrogens with zero attached hydrogens (tertiary/aromatic N) is 6. The highest BCUT2D eigenvalue weighted by Gasteiger charge is 2.25. The zero-order chi connectivity index (χ0) is 18.6. The fraction of sp³-hybridized carbons (Fsp3) is 0.571. The van der Waals surface area contributed by atoms with Crippen molar-refractivity contribution in [2.24, 2.45) is 0 Å². The van der Waals surface area contributed by atoms with Gasteiger partial charge >= 0.3 is 0 Å². The highest BCUT2D eigenvalue weighted by atomic mass is 15.4. The van der Waals surface area contributed by atoms with Gasteiger partial charge in [-0.25, -0.2) is 0 Å². The minimum Gasteiger partial charge on any atom is -0.368 e. The van der Waals surface area contributed by atoms with E-state index in [1.807, 2.05) is 6.20 Å². The van der Waals surface area contributed by atoms with Crippen molar-refractivity contribution in [3.63, 3.8) is 0 Å². The maximum Gasteiger partial charge on any atom is 0.247 e. The van der Waals surface area contributed by atoms with Crippen molar-refractivity contribution in [2.45, 2.75) is 45.6 Å². The standard InChI is InChI=1S/C21H30N6/c1-3-18-8-4-5-10-27(18)20-16-22-24-21(23-20)26-13-11-25(12-14-26)19-9-6-7-17(2)15-19/h6-7,9,15-16,18H,3-5,8,10-14H2,1-2H3. The van der Waals surface area contributed by atoms with Gasteiger partial charge in [-0.2, -0.15) is 10.1 Å². The summed E-state index contributed by atoms with van der Waals surface area (Å²) >= 11 is 0. The van der Waals surface area contributed by atoms with E-state index in [1.54, 1.807) is 0 Å². The fourth-order valence-electron chi connectivity index (χ4n) is 4.27. The van der Waals surface area contributed by atoms with E-state index in [4.69, 9.17) is 4.98 Å². The van der Waals surface area contributed by atoms with Crippen molar-refractivity contribution in [3.8, 4) is 0 Å². The van der Waals surface area contributed by atoms with Crippen LogP contribution >= 0.6 is 0 Å². The van der Waals surface area contributed by atoms with Gasteiger partial charge < -0.3 is 14.7 Å². The van der Waals surface area contributed by atoms with Crippen molar-refractivity contribution in [3.05, 3.63) is 36.0 Å². The van der Waals surface area contributed by atoms with Gasteiger partial charge in [-0.1, -0.05) is 19.1 Å². The zero-order valence-corrected chi connectivity index (χ0v) is 16.5. The molecule has 0 spiro atoms. The number of aryl methyl sites for hydroxylation is 1. The number of aromatic nitrogens is 3. The Morgan fingerprint density at radius 1 is 1.04 bits per heavy atom. The SMILES string of the molecule is CCC1CCCCN1c1cnnc(N2CCN(c3cccc(C)c3)CC2)n1. The first-order valence-electron chi connectivity index (χ1n) is 10.3. The minimum absolute atomic E-state index is 0.585. The third-order valence-electron chi connectivity index (χ3n) is 5.86. The van der Waals surface area contributed by atoms with E-state index in [-0.39, 0.29) is 0 Å². The quantitative estimate of drug-likeness (QED) is 0.828. The van der Waals surface area contributed by atoms with Gasteiger partial charge in [-0.15, -0.1) is 5.10 Å². The van der Waals surface area contributed by atoms with Gasteiger partial charge in [0.1, 0.15) is 0 Å². The summed E-state index contributed by atoms with van der Waals surface area (Å²) in [6.07, 6.45) is 6.81. The van der Waals surface area contributed by atoms with Crippen molar-refractivity contribution >= 4 is 17.5 Å². The third-order valence-corrected chi connectivity index (χ3v) is 5.86. The molecule has 2 saturated heterocycles. The molecule has 0 bridgehead atoms. The predicted molar refractivity (Wildman–Crippen MR) is 111 cm³/mol. The molecule has 2 aliphatic heterocycles. The molecule has 2 aromatic rings. The highest BCUT2D eigenvalue weighted by Crippen LogP contribution is 2.26. The van der Waals surface area contributed by atoms with Crippen LogP contribution < -0.4 is 14.7 Å². The molecule has 0 aliphatic carbocycles. The summed E-state index contributed by atoms with van der Waals surface area (Å²) < 4.78 is 0. The van der Waals surface area contributed by atoms with Crippen LogP contribution in [0.1, 0.15) is 38.2 Å². The molecule has 1 unspecified atom stereocenters. The lowest BCUT2D eigenvalue weighted by Gasteiger charge is -2.38. The van der Waals surface area contributed by atoms with Gasteiger partial charge in [0, 0.05) is 44.5 Å². The van der Waals surface area contributed by atoms with E-state index in [0.717, 1.165) is 50.9 Å². The van der Waals surface area contributed by atoms with E-state index in [1.165, 1.54) is 30.5 Å². The van der Waals surface area contributed by atoms with Crippen LogP contribution in [0.25, 0.3) is 0 Å². The predicted octanol–water partition coefficient (Wildman–Crippen LogP) is 3.28. The minimum atomic E-state index is 0.585. The molecule has 0 saturated carbocycles. The summed E-state index contributed by atoms with van der Waals surface area (Å²) in [4.78, 5) is 12.0. The molecule has 6 nitrogen and oxygen atoms in total. The summed E-state index contributed by atoms with van der Waals surface area (Å²) in [6, 6.07) is 9.32. The number of hydrogen-bond donors (Lipinski definition) is 0. The Kier molecular flexibility index (Phi) is 5.41. The number of anilines is 3. The average Bonchev–Trinajstić information content (AvgIpc) is 2.74. The van der Waals surface area contributed by atoms with Crippen LogP contribution in [0.15, 0.2) is 30.5 Å². The molecule has 4 rings (SSSR count). The number of rotatable bonds is 4. The van der Waals surface area contributed by atoms with Crippen molar-refractivity contribution in [2.75, 3.05) is 47.4 Å². The number of piperazine rings is 1. The Bertz CT molecular complexity index is 756. The molecule has 2 aliphatic rings. The van der Waals surface area contributed by atoms with Crippen LogP contribution in [0.2, 0.25) is 0 Å². The normalized spacial score (nSPS) is 20.8. The van der Waals surface area contributed by atoms with Crippen LogP contribution in [-0.4, -0.2) is 53.9 Å². The van der Waals surface area contributed by atoms with Gasteiger partial charge in [0.25, 0.3) is 0 Å². The van der Waals surface area contributed by atoms with Gasteiger partial charge in [-0.05, 0) is 50.3 Å². The molecule has 1 atom stereocenters. The number of hydrogen-bond acceptors (Lipinski definition) is 6. The smallest absolute Gasteiger partial charge is 0.247 e. The van der Waals surface area contributed by atoms with Crippen molar-refractivity contribution in [1.29, 1.82) is 0 Å². The summed E-state index contributed by atoms with van der Waals surface area (Å²) in [5.74, 6) is 1.77. The van der Waals surface area contributed by atoms with Gasteiger partial charge in [-0.3, -0.25) is 0 Å². The Morgan fingerprint density at radius 3 is 2.63 bits per heavy atom. The topological polar surface area (TPSA) is 48.4 Å². The largest absolute Gasteiger partial charge is 0.368 e. The molecule has 1 aromatic carbocycles. The van der Waals surface area contributed by atoms with Crippen LogP contribution in [0.3, 0.4) is 0 Å². The number of benzene rings is 1. The first kappa shape index (κ1) is 18.0. The van der Waals surface area contributed by atoms with Crippen molar-refractivity contribution in [1.82, 2.24) is 15.2 Å². The third kappa shape index (κ3) is 3.99. The first-order valence-corrected chi connectivity index (χ1v) is 10.3. The molecule has 0 amide bonds. The maximum absolute atomic E-state index is 4.89. The molecule has 0 N–H and O–H groups in total. The molecule has 27 heavy (non-hydrogen) atoms. The monoisotopic (exact) mass is 366 g/mol. The first-order chi connectivity index (χ1) is 13.2. The summed E-state index contributed by atoms with van der Waals surface area (Å²) in [7, 11) is 0. The van der Waals surface area contributed by atoms with E-state index in [2.05, 4.69) is 63.0 Å². The second-order valence-electron chi connectivity index (χ2n) is 7.68. The summed E-state index contributed by atoms with van der Waals surface area (Å²) in [5, 5.41) is 8.62. The molecule has 144 valence electrons.